The van der Waals surface area contributed by atoms with Crippen molar-refractivity contribution in [2.75, 3.05) is 5.32 Å². The van der Waals surface area contributed by atoms with Crippen molar-refractivity contribution < 1.29 is 4.79 Å². The molecule has 0 fully saturated rings. The molecule has 1 N–H and O–H groups in total. The van der Waals surface area contributed by atoms with E-state index >= 15 is 0 Å². The molecule has 4 rings (SSSR count). The fraction of sp³-hybridized carbons (Fsp3) is 0.267. The van der Waals surface area contributed by atoms with Crippen molar-refractivity contribution in [2.45, 2.75) is 19.4 Å². The molecule has 21 heavy (non-hydrogen) atoms. The molecule has 0 aliphatic carbocycles. The lowest BCUT2D eigenvalue weighted by Crippen LogP contribution is -2.29. The van der Waals surface area contributed by atoms with Gasteiger partial charge in [-0.2, -0.15) is 0 Å². The lowest BCUT2D eigenvalue weighted by molar-refractivity contribution is -0.120. The molecule has 0 saturated carbocycles. The minimum Gasteiger partial charge on any atom is -0.335 e. The summed E-state index contributed by atoms with van der Waals surface area (Å²) in [5.41, 5.74) is 2.06. The highest BCUT2D eigenvalue weighted by molar-refractivity contribution is 7.22. The number of rotatable bonds is 2. The Bertz CT molecular complexity index is 774. The average molecular weight is 298 g/mol. The monoisotopic (exact) mass is 298 g/mol. The largest absolute Gasteiger partial charge is 0.335 e. The molecule has 5 nitrogen and oxygen atoms in total. The summed E-state index contributed by atoms with van der Waals surface area (Å²) in [4.78, 5) is 21.0. The highest BCUT2D eigenvalue weighted by Gasteiger charge is 2.25. The van der Waals surface area contributed by atoms with E-state index in [-0.39, 0.29) is 11.8 Å². The number of anilines is 1. The number of nitrogens with one attached hydrogen (secondary N) is 1. The van der Waals surface area contributed by atoms with Gasteiger partial charge in [0.25, 0.3) is 0 Å². The molecule has 1 unspecified atom stereocenters. The molecule has 1 amide bonds. The fourth-order valence-electron chi connectivity index (χ4n) is 2.73. The van der Waals surface area contributed by atoms with Crippen LogP contribution in [-0.4, -0.2) is 20.4 Å². The molecule has 1 aromatic carbocycles. The molecule has 1 atom stereocenters. The van der Waals surface area contributed by atoms with Crippen LogP contribution in [0.3, 0.4) is 0 Å². The summed E-state index contributed by atoms with van der Waals surface area (Å²) in [6.45, 7) is 0.854. The molecule has 0 bridgehead atoms. The number of carbonyl (C=O) groups excluding carboxylic acids is 1. The Morgan fingerprint density at radius 3 is 3.19 bits per heavy atom. The first kappa shape index (κ1) is 12.5. The zero-order chi connectivity index (χ0) is 14.2. The van der Waals surface area contributed by atoms with E-state index in [9.17, 15) is 4.79 Å². The number of imidazole rings is 1. The molecule has 1 aliphatic rings. The molecule has 1 aliphatic heterocycles. The Labute approximate surface area is 125 Å². The van der Waals surface area contributed by atoms with E-state index in [0.717, 1.165) is 35.3 Å². The molecule has 3 heterocycles. The lowest BCUT2D eigenvalue weighted by Gasteiger charge is -2.22. The van der Waals surface area contributed by atoms with Crippen LogP contribution in [0, 0.1) is 5.92 Å². The Morgan fingerprint density at radius 1 is 1.38 bits per heavy atom. The first-order valence-electron chi connectivity index (χ1n) is 6.95. The smallest absolute Gasteiger partial charge is 0.229 e. The number of hydrogen-bond donors (Lipinski definition) is 1. The molecule has 0 radical (unpaired) electrons. The van der Waals surface area contributed by atoms with Gasteiger partial charge in [-0.1, -0.05) is 23.5 Å². The van der Waals surface area contributed by atoms with Crippen LogP contribution in [0.2, 0.25) is 0 Å². The topological polar surface area (TPSA) is 59.8 Å². The van der Waals surface area contributed by atoms with E-state index in [2.05, 4.69) is 19.9 Å². The lowest BCUT2D eigenvalue weighted by atomic mass is 9.95. The van der Waals surface area contributed by atoms with Crippen LogP contribution in [0.5, 0.6) is 0 Å². The average Bonchev–Trinajstić information content (AvgIpc) is 3.11. The summed E-state index contributed by atoms with van der Waals surface area (Å²) < 4.78 is 3.20. The zero-order valence-corrected chi connectivity index (χ0v) is 12.1. The minimum atomic E-state index is 0.00112. The van der Waals surface area contributed by atoms with Crippen LogP contribution in [-0.2, 0) is 17.8 Å². The van der Waals surface area contributed by atoms with Gasteiger partial charge in [0.1, 0.15) is 0 Å². The van der Waals surface area contributed by atoms with E-state index in [1.807, 2.05) is 36.8 Å². The van der Waals surface area contributed by atoms with Gasteiger partial charge in [0.05, 0.1) is 16.5 Å². The van der Waals surface area contributed by atoms with Crippen molar-refractivity contribution in [3.8, 4) is 0 Å². The van der Waals surface area contributed by atoms with Gasteiger partial charge in [-0.05, 0) is 18.6 Å². The van der Waals surface area contributed by atoms with E-state index in [4.69, 9.17) is 0 Å². The van der Waals surface area contributed by atoms with Crippen LogP contribution >= 0.6 is 11.3 Å². The number of hydrogen-bond acceptors (Lipinski definition) is 4. The summed E-state index contributed by atoms with van der Waals surface area (Å²) in [6.07, 6.45) is 5.27. The first-order chi connectivity index (χ1) is 10.3. The predicted molar refractivity (Wildman–Crippen MR) is 82.3 cm³/mol. The zero-order valence-electron chi connectivity index (χ0n) is 11.3. The SMILES string of the molecule is O=C(Nc1nc2ccccc2s1)C1CCn2cncc2C1. The van der Waals surface area contributed by atoms with E-state index in [0.29, 0.717) is 5.13 Å². The highest BCUT2D eigenvalue weighted by atomic mass is 32.1. The van der Waals surface area contributed by atoms with Crippen molar-refractivity contribution in [1.29, 1.82) is 0 Å². The summed E-state index contributed by atoms with van der Waals surface area (Å²) >= 11 is 1.52. The Kier molecular flexibility index (Phi) is 2.96. The second kappa shape index (κ2) is 4.96. The van der Waals surface area contributed by atoms with Crippen molar-refractivity contribution >= 4 is 32.6 Å². The Hall–Kier alpha value is -2.21. The minimum absolute atomic E-state index is 0.00112. The van der Waals surface area contributed by atoms with E-state index in [1.54, 1.807) is 0 Å². The molecule has 2 aromatic heterocycles. The van der Waals surface area contributed by atoms with Gasteiger partial charge in [0.2, 0.25) is 5.91 Å². The number of para-hydroxylation sites is 1. The number of carbonyl (C=O) groups is 1. The summed E-state index contributed by atoms with van der Waals surface area (Å²) in [5.74, 6) is 0.0581. The quantitative estimate of drug-likeness (QED) is 0.791. The number of aryl methyl sites for hydroxylation is 1. The molecule has 106 valence electrons. The van der Waals surface area contributed by atoms with Crippen LogP contribution in [0.4, 0.5) is 5.13 Å². The van der Waals surface area contributed by atoms with Crippen LogP contribution in [0.25, 0.3) is 10.2 Å². The van der Waals surface area contributed by atoms with Gasteiger partial charge >= 0.3 is 0 Å². The van der Waals surface area contributed by atoms with Crippen LogP contribution in [0.15, 0.2) is 36.8 Å². The van der Waals surface area contributed by atoms with Gasteiger partial charge in [-0.25, -0.2) is 9.97 Å². The molecular weight excluding hydrogens is 284 g/mol. The number of amides is 1. The van der Waals surface area contributed by atoms with Crippen molar-refractivity contribution in [1.82, 2.24) is 14.5 Å². The fourth-order valence-corrected chi connectivity index (χ4v) is 3.59. The van der Waals surface area contributed by atoms with Crippen LogP contribution < -0.4 is 5.32 Å². The molecule has 6 heteroatoms. The summed E-state index contributed by atoms with van der Waals surface area (Å²) in [7, 11) is 0. The van der Waals surface area contributed by atoms with Gasteiger partial charge in [-0.3, -0.25) is 4.79 Å². The number of aromatic nitrogens is 3. The van der Waals surface area contributed by atoms with E-state index in [1.165, 1.54) is 11.3 Å². The Morgan fingerprint density at radius 2 is 2.29 bits per heavy atom. The maximum absolute atomic E-state index is 12.4. The number of fused-ring (bicyclic) bond motifs is 2. The van der Waals surface area contributed by atoms with Crippen LogP contribution in [0.1, 0.15) is 12.1 Å². The normalized spacial score (nSPS) is 17.6. The van der Waals surface area contributed by atoms with Gasteiger partial charge in [-0.15, -0.1) is 0 Å². The molecule has 0 saturated heterocycles. The maximum atomic E-state index is 12.4. The molecule has 0 spiro atoms. The van der Waals surface area contributed by atoms with Crippen molar-refractivity contribution in [3.05, 3.63) is 42.5 Å². The van der Waals surface area contributed by atoms with Gasteiger partial charge in [0, 0.05) is 30.8 Å². The predicted octanol–water partition coefficient (Wildman–Crippen LogP) is 2.69. The maximum Gasteiger partial charge on any atom is 0.229 e. The number of thiazole rings is 1. The molecule has 3 aromatic rings. The van der Waals surface area contributed by atoms with Crippen molar-refractivity contribution in [2.24, 2.45) is 5.92 Å². The highest BCUT2D eigenvalue weighted by Crippen LogP contribution is 2.27. The summed E-state index contributed by atoms with van der Waals surface area (Å²) in [6, 6.07) is 7.91. The number of benzene rings is 1. The van der Waals surface area contributed by atoms with Gasteiger partial charge < -0.3 is 9.88 Å². The third-order valence-corrected chi connectivity index (χ3v) is 4.82. The first-order valence-corrected chi connectivity index (χ1v) is 7.77. The second-order valence-corrected chi connectivity index (χ2v) is 6.27. The summed E-state index contributed by atoms with van der Waals surface area (Å²) in [5, 5.41) is 3.64. The number of nitrogens with zero attached hydrogens (tertiary/aromatic N) is 3. The van der Waals surface area contributed by atoms with Gasteiger partial charge in [0.15, 0.2) is 5.13 Å². The third kappa shape index (κ3) is 2.31. The third-order valence-electron chi connectivity index (χ3n) is 3.87. The van der Waals surface area contributed by atoms with Crippen molar-refractivity contribution in [3.63, 3.8) is 0 Å². The Balaban J connectivity index is 1.51. The standard InChI is InChI=1S/C15H14N4OS/c20-14(10-5-6-19-9-16-8-11(19)7-10)18-15-17-12-3-1-2-4-13(12)21-15/h1-4,8-10H,5-7H2,(H,17,18,20). The van der Waals surface area contributed by atoms with E-state index < -0.39 is 0 Å². The molecular formula is C15H14N4OS. The second-order valence-electron chi connectivity index (χ2n) is 5.24.